The molecular formula is C17H22F2N2O. The van der Waals surface area contributed by atoms with E-state index in [1.54, 1.807) is 0 Å². The number of rotatable bonds is 6. The van der Waals surface area contributed by atoms with E-state index >= 15 is 0 Å². The summed E-state index contributed by atoms with van der Waals surface area (Å²) in [6.07, 6.45) is 0.405. The second-order valence-electron chi connectivity index (χ2n) is 5.65. The van der Waals surface area contributed by atoms with Crippen molar-refractivity contribution in [3.63, 3.8) is 0 Å². The predicted molar refractivity (Wildman–Crippen MR) is 81.8 cm³/mol. The number of aromatic nitrogens is 2. The topological polar surface area (TPSA) is 27.1 Å². The molecule has 0 unspecified atom stereocenters. The van der Waals surface area contributed by atoms with E-state index in [4.69, 9.17) is 4.74 Å². The van der Waals surface area contributed by atoms with Crippen LogP contribution in [-0.2, 0) is 17.9 Å². The lowest BCUT2D eigenvalue weighted by Crippen LogP contribution is -2.10. The average molecular weight is 308 g/mol. The van der Waals surface area contributed by atoms with Crippen molar-refractivity contribution in [1.82, 2.24) is 9.55 Å². The molecule has 0 amide bonds. The van der Waals surface area contributed by atoms with Crippen LogP contribution in [0.15, 0.2) is 18.2 Å². The van der Waals surface area contributed by atoms with Gasteiger partial charge in [0.2, 0.25) is 0 Å². The van der Waals surface area contributed by atoms with E-state index in [-0.39, 0.29) is 5.92 Å². The quantitative estimate of drug-likeness (QED) is 0.800. The number of aryl methyl sites for hydroxylation is 1. The summed E-state index contributed by atoms with van der Waals surface area (Å²) in [5.41, 5.74) is 2.48. The lowest BCUT2D eigenvalue weighted by atomic mass is 10.0. The van der Waals surface area contributed by atoms with Crippen LogP contribution in [-0.4, -0.2) is 16.2 Å². The van der Waals surface area contributed by atoms with Gasteiger partial charge in [0.05, 0.1) is 5.69 Å². The van der Waals surface area contributed by atoms with Gasteiger partial charge in [-0.15, -0.1) is 0 Å². The molecule has 1 heterocycles. The Kier molecular flexibility index (Phi) is 5.29. The van der Waals surface area contributed by atoms with Gasteiger partial charge in [0.25, 0.3) is 0 Å². The summed E-state index contributed by atoms with van der Waals surface area (Å²) in [5.74, 6) is -0.0303. The smallest absolute Gasteiger partial charge is 0.126 e. The Balaban J connectivity index is 2.37. The fraction of sp³-hybridized carbons (Fsp3) is 0.471. The number of nitrogens with zero attached hydrogens (tertiary/aromatic N) is 2. The molecule has 0 spiro atoms. The minimum absolute atomic E-state index is 0.245. The van der Waals surface area contributed by atoms with Gasteiger partial charge in [-0.05, 0) is 37.5 Å². The largest absolute Gasteiger partial charge is 0.361 e. The van der Waals surface area contributed by atoms with Gasteiger partial charge < -0.3 is 9.30 Å². The molecule has 0 aliphatic heterocycles. The lowest BCUT2D eigenvalue weighted by molar-refractivity contribution is 0.0839. The minimum atomic E-state index is -0.563. The lowest BCUT2D eigenvalue weighted by Gasteiger charge is -2.14. The summed E-state index contributed by atoms with van der Waals surface area (Å²) in [7, 11) is 0. The molecule has 2 rings (SSSR count). The third-order valence-electron chi connectivity index (χ3n) is 3.54. The van der Waals surface area contributed by atoms with Gasteiger partial charge in [-0.2, -0.15) is 0 Å². The van der Waals surface area contributed by atoms with Gasteiger partial charge in [-0.1, -0.05) is 13.8 Å². The van der Waals surface area contributed by atoms with Crippen molar-refractivity contribution in [3.05, 3.63) is 52.6 Å². The number of benzene rings is 1. The normalized spacial score (nSPS) is 11.4. The zero-order valence-electron chi connectivity index (χ0n) is 13.5. The van der Waals surface area contributed by atoms with Crippen LogP contribution in [0.25, 0.3) is 0 Å². The molecule has 1 aromatic heterocycles. The standard InChI is InChI=1S/C17H22F2N2O/c1-5-22-10-21-12(4)20-16(17(21)11(2)3)8-13-6-14(18)9-15(19)7-13/h6-7,9,11H,5,8,10H2,1-4H3. The first-order chi connectivity index (χ1) is 10.4. The van der Waals surface area contributed by atoms with Crippen LogP contribution in [0.5, 0.6) is 0 Å². The van der Waals surface area contributed by atoms with Gasteiger partial charge in [0.15, 0.2) is 0 Å². The summed E-state index contributed by atoms with van der Waals surface area (Å²) < 4.78 is 34.2. The summed E-state index contributed by atoms with van der Waals surface area (Å²) in [4.78, 5) is 4.58. The van der Waals surface area contributed by atoms with Crippen molar-refractivity contribution in [3.8, 4) is 0 Å². The molecule has 0 saturated carbocycles. The second kappa shape index (κ2) is 7.01. The predicted octanol–water partition coefficient (Wildman–Crippen LogP) is 4.18. The first-order valence-electron chi connectivity index (χ1n) is 7.51. The zero-order chi connectivity index (χ0) is 16.3. The van der Waals surface area contributed by atoms with Crippen molar-refractivity contribution in [2.45, 2.75) is 46.8 Å². The highest BCUT2D eigenvalue weighted by Gasteiger charge is 2.18. The first kappa shape index (κ1) is 16.6. The van der Waals surface area contributed by atoms with Crippen molar-refractivity contribution >= 4 is 0 Å². The fourth-order valence-electron chi connectivity index (χ4n) is 2.67. The Labute approximate surface area is 129 Å². The van der Waals surface area contributed by atoms with Crippen molar-refractivity contribution in [1.29, 1.82) is 0 Å². The zero-order valence-corrected chi connectivity index (χ0v) is 13.5. The molecule has 1 aromatic carbocycles. The van der Waals surface area contributed by atoms with Gasteiger partial charge in [0.1, 0.15) is 24.2 Å². The molecule has 0 atom stereocenters. The number of hydrogen-bond acceptors (Lipinski definition) is 2. The molecule has 0 fully saturated rings. The van der Waals surface area contributed by atoms with Crippen molar-refractivity contribution in [2.75, 3.05) is 6.61 Å². The molecular weight excluding hydrogens is 286 g/mol. The molecule has 0 bridgehead atoms. The van der Waals surface area contributed by atoms with E-state index in [1.807, 2.05) is 18.4 Å². The van der Waals surface area contributed by atoms with Crippen LogP contribution < -0.4 is 0 Å². The highest BCUT2D eigenvalue weighted by atomic mass is 19.1. The third kappa shape index (κ3) is 3.71. The SMILES string of the molecule is CCOCn1c(C)nc(Cc2cc(F)cc(F)c2)c1C(C)C. The van der Waals surface area contributed by atoms with E-state index in [0.717, 1.165) is 23.3 Å². The molecule has 120 valence electrons. The molecule has 0 N–H and O–H groups in total. The summed E-state index contributed by atoms with van der Waals surface area (Å²) in [5, 5.41) is 0. The average Bonchev–Trinajstić information content (AvgIpc) is 2.71. The maximum atomic E-state index is 13.4. The van der Waals surface area contributed by atoms with Gasteiger partial charge in [0, 0.05) is 24.8 Å². The van der Waals surface area contributed by atoms with Gasteiger partial charge in [-0.25, -0.2) is 13.8 Å². The van der Waals surface area contributed by atoms with Crippen LogP contribution in [0.3, 0.4) is 0 Å². The summed E-state index contributed by atoms with van der Waals surface area (Å²) >= 11 is 0. The number of hydrogen-bond donors (Lipinski definition) is 0. The van der Waals surface area contributed by atoms with Crippen LogP contribution in [0.4, 0.5) is 8.78 Å². The molecule has 0 saturated heterocycles. The Morgan fingerprint density at radius 2 is 1.82 bits per heavy atom. The molecule has 0 aliphatic rings. The maximum absolute atomic E-state index is 13.4. The fourth-order valence-corrected chi connectivity index (χ4v) is 2.67. The Morgan fingerprint density at radius 3 is 2.36 bits per heavy atom. The highest BCUT2D eigenvalue weighted by molar-refractivity contribution is 5.29. The molecule has 2 aromatic rings. The minimum Gasteiger partial charge on any atom is -0.361 e. The Bertz CT molecular complexity index is 630. The molecule has 22 heavy (non-hydrogen) atoms. The van der Waals surface area contributed by atoms with Crippen LogP contribution in [0.1, 0.15) is 49.5 Å². The molecule has 0 radical (unpaired) electrons. The Morgan fingerprint density at radius 1 is 1.18 bits per heavy atom. The molecule has 3 nitrogen and oxygen atoms in total. The maximum Gasteiger partial charge on any atom is 0.126 e. The van der Waals surface area contributed by atoms with Crippen LogP contribution >= 0.6 is 0 Å². The van der Waals surface area contributed by atoms with Crippen LogP contribution in [0.2, 0.25) is 0 Å². The van der Waals surface area contributed by atoms with Crippen molar-refractivity contribution in [2.24, 2.45) is 0 Å². The summed E-state index contributed by atoms with van der Waals surface area (Å²) in [6.45, 7) is 9.08. The van der Waals surface area contributed by atoms with Crippen LogP contribution in [0, 0.1) is 18.6 Å². The highest BCUT2D eigenvalue weighted by Crippen LogP contribution is 2.24. The number of imidazole rings is 1. The van der Waals surface area contributed by atoms with E-state index in [1.165, 1.54) is 12.1 Å². The Hall–Kier alpha value is -1.75. The summed E-state index contributed by atoms with van der Waals surface area (Å²) in [6, 6.07) is 3.58. The number of halogens is 2. The third-order valence-corrected chi connectivity index (χ3v) is 3.54. The van der Waals surface area contributed by atoms with E-state index < -0.39 is 11.6 Å². The first-order valence-corrected chi connectivity index (χ1v) is 7.51. The van der Waals surface area contributed by atoms with Gasteiger partial charge >= 0.3 is 0 Å². The monoisotopic (exact) mass is 308 g/mol. The molecule has 0 aliphatic carbocycles. The van der Waals surface area contributed by atoms with E-state index in [9.17, 15) is 8.78 Å². The van der Waals surface area contributed by atoms with E-state index in [0.29, 0.717) is 25.3 Å². The van der Waals surface area contributed by atoms with E-state index in [2.05, 4.69) is 18.8 Å². The number of ether oxygens (including phenoxy) is 1. The van der Waals surface area contributed by atoms with Gasteiger partial charge in [-0.3, -0.25) is 0 Å². The molecule has 5 heteroatoms. The van der Waals surface area contributed by atoms with Crippen molar-refractivity contribution < 1.29 is 13.5 Å². The second-order valence-corrected chi connectivity index (χ2v) is 5.65.